The number of aliphatic hydroxyl groups excluding tert-OH is 1. The summed E-state index contributed by atoms with van der Waals surface area (Å²) in [5.74, 6) is 1.86. The minimum Gasteiger partial charge on any atom is -0.493 e. The first-order valence-corrected chi connectivity index (χ1v) is 10.9. The van der Waals surface area contributed by atoms with Gasteiger partial charge in [0.15, 0.2) is 0 Å². The number of hydrogen-bond donors (Lipinski definition) is 1. The third kappa shape index (κ3) is 5.28. The Labute approximate surface area is 171 Å². The van der Waals surface area contributed by atoms with Gasteiger partial charge in [-0.25, -0.2) is 0 Å². The van der Waals surface area contributed by atoms with Gasteiger partial charge in [0.1, 0.15) is 5.75 Å². The van der Waals surface area contributed by atoms with Crippen LogP contribution in [0.1, 0.15) is 23.1 Å². The first-order chi connectivity index (χ1) is 13.8. The summed E-state index contributed by atoms with van der Waals surface area (Å²) in [5, 5.41) is 9.75. The second-order valence-electron chi connectivity index (χ2n) is 6.42. The lowest BCUT2D eigenvalue weighted by Gasteiger charge is -2.17. The van der Waals surface area contributed by atoms with Crippen molar-refractivity contribution in [2.75, 3.05) is 25.2 Å². The minimum absolute atomic E-state index is 0.108. The van der Waals surface area contributed by atoms with E-state index in [0.717, 1.165) is 39.3 Å². The van der Waals surface area contributed by atoms with Crippen molar-refractivity contribution < 1.29 is 9.84 Å². The molecule has 0 bridgehead atoms. The highest BCUT2D eigenvalue weighted by atomic mass is 32.2. The number of ether oxygens (including phenoxy) is 1. The molecule has 1 N–H and O–H groups in total. The van der Waals surface area contributed by atoms with Crippen molar-refractivity contribution in [3.63, 3.8) is 0 Å². The van der Waals surface area contributed by atoms with E-state index >= 15 is 0 Å². The fourth-order valence-corrected chi connectivity index (χ4v) is 3.50. The topological polar surface area (TPSA) is 29.5 Å². The monoisotopic (exact) mass is 390 g/mol. The Bertz CT molecular complexity index is 871. The molecule has 0 aromatic heterocycles. The van der Waals surface area contributed by atoms with E-state index in [-0.39, 0.29) is 6.61 Å². The Morgan fingerprint density at radius 1 is 0.786 bits per heavy atom. The number of rotatable bonds is 9. The number of thioether (sulfide) groups is 1. The predicted molar refractivity (Wildman–Crippen MR) is 121 cm³/mol. The van der Waals surface area contributed by atoms with Gasteiger partial charge in [0.25, 0.3) is 0 Å². The van der Waals surface area contributed by atoms with Crippen molar-refractivity contribution in [1.82, 2.24) is 0 Å². The zero-order valence-electron chi connectivity index (χ0n) is 16.2. The quantitative estimate of drug-likeness (QED) is 0.371. The van der Waals surface area contributed by atoms with Crippen LogP contribution in [-0.2, 0) is 0 Å². The zero-order valence-corrected chi connectivity index (χ0v) is 17.0. The van der Waals surface area contributed by atoms with Crippen molar-refractivity contribution in [3.8, 4) is 5.75 Å². The molecule has 0 spiro atoms. The average molecular weight is 391 g/mol. The number of benzene rings is 3. The van der Waals surface area contributed by atoms with E-state index in [1.54, 1.807) is 11.8 Å². The molecule has 3 aromatic rings. The summed E-state index contributed by atoms with van der Waals surface area (Å²) < 4.78 is 5.80. The Kier molecular flexibility index (Phi) is 7.77. The molecule has 3 heteroatoms. The van der Waals surface area contributed by atoms with Gasteiger partial charge in [-0.05, 0) is 52.6 Å². The Morgan fingerprint density at radius 3 is 1.93 bits per heavy atom. The smallest absolute Gasteiger partial charge is 0.119 e. The zero-order chi connectivity index (χ0) is 19.6. The highest BCUT2D eigenvalue weighted by Crippen LogP contribution is 2.34. The van der Waals surface area contributed by atoms with Gasteiger partial charge < -0.3 is 9.84 Å². The molecule has 28 heavy (non-hydrogen) atoms. The lowest BCUT2D eigenvalue weighted by Crippen LogP contribution is -2.00. The molecule has 0 fully saturated rings. The fourth-order valence-electron chi connectivity index (χ4n) is 3.25. The molecule has 144 valence electrons. The summed E-state index contributed by atoms with van der Waals surface area (Å²) in [7, 11) is 0. The van der Waals surface area contributed by atoms with E-state index in [1.165, 1.54) is 0 Å². The molecule has 0 saturated carbocycles. The van der Waals surface area contributed by atoms with Crippen molar-refractivity contribution in [3.05, 3.63) is 102 Å². The molecule has 0 saturated heterocycles. The molecule has 0 radical (unpaired) electrons. The Morgan fingerprint density at radius 2 is 1.36 bits per heavy atom. The van der Waals surface area contributed by atoms with Crippen LogP contribution in [0, 0.1) is 0 Å². The molecule has 0 atom stereocenters. The van der Waals surface area contributed by atoms with Crippen LogP contribution < -0.4 is 4.74 Å². The van der Waals surface area contributed by atoms with Crippen molar-refractivity contribution in [2.45, 2.75) is 6.42 Å². The van der Waals surface area contributed by atoms with Gasteiger partial charge in [0, 0.05) is 12.4 Å². The van der Waals surface area contributed by atoms with E-state index in [0.29, 0.717) is 13.0 Å². The molecule has 0 heterocycles. The highest BCUT2D eigenvalue weighted by molar-refractivity contribution is 7.98. The third-order valence-corrected chi connectivity index (χ3v) is 5.12. The average Bonchev–Trinajstić information content (AvgIpc) is 2.76. The highest BCUT2D eigenvalue weighted by Gasteiger charge is 2.14. The fraction of sp³-hybridized carbons (Fsp3) is 0.200. The van der Waals surface area contributed by atoms with Crippen LogP contribution >= 0.6 is 11.8 Å². The molecular formula is C25H26O2S. The Balaban J connectivity index is 2.07. The van der Waals surface area contributed by atoms with Gasteiger partial charge in [0.2, 0.25) is 0 Å². The number of aliphatic hydroxyl groups is 1. The van der Waals surface area contributed by atoms with Crippen LogP contribution in [-0.4, -0.2) is 30.3 Å². The molecule has 0 unspecified atom stereocenters. The van der Waals surface area contributed by atoms with E-state index in [2.05, 4.69) is 54.8 Å². The largest absolute Gasteiger partial charge is 0.493 e. The summed E-state index contributed by atoms with van der Waals surface area (Å²) in [5.41, 5.74) is 5.69. The van der Waals surface area contributed by atoms with E-state index in [4.69, 9.17) is 4.74 Å². The molecule has 2 nitrogen and oxygen atoms in total. The van der Waals surface area contributed by atoms with E-state index in [9.17, 15) is 5.11 Å². The summed E-state index contributed by atoms with van der Waals surface area (Å²) in [4.78, 5) is 0. The van der Waals surface area contributed by atoms with Crippen LogP contribution in [0.25, 0.3) is 11.1 Å². The van der Waals surface area contributed by atoms with Gasteiger partial charge in [0.05, 0.1) is 6.61 Å². The summed E-state index contributed by atoms with van der Waals surface area (Å²) in [6.07, 6.45) is 2.68. The minimum atomic E-state index is 0.108. The van der Waals surface area contributed by atoms with E-state index in [1.807, 2.05) is 36.4 Å². The molecule has 0 aliphatic carbocycles. The van der Waals surface area contributed by atoms with Crippen molar-refractivity contribution >= 4 is 22.9 Å². The molecule has 0 aliphatic rings. The van der Waals surface area contributed by atoms with Gasteiger partial charge in [-0.1, -0.05) is 72.8 Å². The SMILES string of the molecule is CSCCOc1ccc(/C(=C(/CCO)c2ccccc2)c2ccccc2)cc1. The summed E-state index contributed by atoms with van der Waals surface area (Å²) in [6.45, 7) is 0.818. The predicted octanol–water partition coefficient (Wildman–Crippen LogP) is 5.77. The maximum absolute atomic E-state index is 9.75. The van der Waals surface area contributed by atoms with Crippen LogP contribution in [0.4, 0.5) is 0 Å². The third-order valence-electron chi connectivity index (χ3n) is 4.55. The first kappa shape index (κ1) is 20.2. The van der Waals surface area contributed by atoms with Gasteiger partial charge in [-0.3, -0.25) is 0 Å². The lowest BCUT2D eigenvalue weighted by molar-refractivity contribution is 0.305. The van der Waals surface area contributed by atoms with Crippen molar-refractivity contribution in [2.24, 2.45) is 0 Å². The first-order valence-electron chi connectivity index (χ1n) is 9.50. The van der Waals surface area contributed by atoms with Crippen LogP contribution in [0.5, 0.6) is 5.75 Å². The molecule has 3 aromatic carbocycles. The van der Waals surface area contributed by atoms with Gasteiger partial charge in [-0.2, -0.15) is 11.8 Å². The second kappa shape index (κ2) is 10.7. The molecule has 0 aliphatic heterocycles. The second-order valence-corrected chi connectivity index (χ2v) is 7.41. The molecule has 0 amide bonds. The lowest BCUT2D eigenvalue weighted by atomic mass is 9.88. The Hall–Kier alpha value is -2.49. The molecule has 3 rings (SSSR count). The van der Waals surface area contributed by atoms with Gasteiger partial charge in [-0.15, -0.1) is 0 Å². The van der Waals surface area contributed by atoms with Gasteiger partial charge >= 0.3 is 0 Å². The van der Waals surface area contributed by atoms with Crippen LogP contribution in [0.2, 0.25) is 0 Å². The normalized spacial score (nSPS) is 11.8. The van der Waals surface area contributed by atoms with E-state index < -0.39 is 0 Å². The maximum atomic E-state index is 9.75. The van der Waals surface area contributed by atoms with Crippen LogP contribution in [0.3, 0.4) is 0 Å². The standard InChI is InChI=1S/C25H26O2S/c1-28-19-18-27-23-14-12-22(13-15-23)25(21-10-6-3-7-11-21)24(16-17-26)20-8-4-2-5-9-20/h2-15,26H,16-19H2,1H3/b25-24-. The maximum Gasteiger partial charge on any atom is 0.119 e. The summed E-state index contributed by atoms with van der Waals surface area (Å²) in [6, 6.07) is 29.0. The molecular weight excluding hydrogens is 364 g/mol. The number of hydrogen-bond acceptors (Lipinski definition) is 3. The van der Waals surface area contributed by atoms with Crippen LogP contribution in [0.15, 0.2) is 84.9 Å². The van der Waals surface area contributed by atoms with Crippen molar-refractivity contribution in [1.29, 1.82) is 0 Å². The summed E-state index contributed by atoms with van der Waals surface area (Å²) >= 11 is 1.78.